The van der Waals surface area contributed by atoms with Crippen molar-refractivity contribution < 1.29 is 19.4 Å². The van der Waals surface area contributed by atoms with Crippen LogP contribution in [-0.2, 0) is 9.53 Å². The molecule has 1 fully saturated rings. The Morgan fingerprint density at radius 3 is 2.37 bits per heavy atom. The molecule has 0 radical (unpaired) electrons. The highest BCUT2D eigenvalue weighted by Gasteiger charge is 2.37. The first kappa shape index (κ1) is 15.8. The van der Waals surface area contributed by atoms with Gasteiger partial charge in [0.15, 0.2) is 0 Å². The molecule has 2 unspecified atom stereocenters. The molecule has 0 aromatic carbocycles. The van der Waals surface area contributed by atoms with Crippen molar-refractivity contribution >= 4 is 12.0 Å². The van der Waals surface area contributed by atoms with Gasteiger partial charge in [0.25, 0.3) is 0 Å². The monoisotopic (exact) mass is 272 g/mol. The molecular formula is C13H24N2O4. The van der Waals surface area contributed by atoms with E-state index >= 15 is 0 Å². The van der Waals surface area contributed by atoms with E-state index in [-0.39, 0.29) is 12.1 Å². The second-order valence-corrected chi connectivity index (χ2v) is 5.06. The van der Waals surface area contributed by atoms with Crippen LogP contribution in [0.5, 0.6) is 0 Å². The highest BCUT2D eigenvalue weighted by Crippen LogP contribution is 2.21. The van der Waals surface area contributed by atoms with Crippen LogP contribution >= 0.6 is 0 Å². The molecule has 2 amide bonds. The van der Waals surface area contributed by atoms with Gasteiger partial charge in [-0.25, -0.2) is 9.59 Å². The summed E-state index contributed by atoms with van der Waals surface area (Å²) in [6.45, 7) is 3.52. The second-order valence-electron chi connectivity index (χ2n) is 5.06. The van der Waals surface area contributed by atoms with Gasteiger partial charge in [-0.1, -0.05) is 13.8 Å². The largest absolute Gasteiger partial charge is 0.480 e. The van der Waals surface area contributed by atoms with Gasteiger partial charge in [0, 0.05) is 13.2 Å². The number of nitrogens with one attached hydrogen (secondary N) is 2. The third-order valence-corrected chi connectivity index (χ3v) is 4.02. The quantitative estimate of drug-likeness (QED) is 0.683. The second kappa shape index (κ2) is 6.75. The molecule has 0 aromatic heterocycles. The number of hydrogen-bond donors (Lipinski definition) is 3. The summed E-state index contributed by atoms with van der Waals surface area (Å²) < 4.78 is 5.24. The summed E-state index contributed by atoms with van der Waals surface area (Å²) >= 11 is 0. The highest BCUT2D eigenvalue weighted by atomic mass is 16.5. The van der Waals surface area contributed by atoms with Gasteiger partial charge in [-0.3, -0.25) is 0 Å². The van der Waals surface area contributed by atoms with Crippen molar-refractivity contribution in [3.63, 3.8) is 0 Å². The molecule has 110 valence electrons. The van der Waals surface area contributed by atoms with Crippen LogP contribution in [0.2, 0.25) is 0 Å². The van der Waals surface area contributed by atoms with E-state index in [0.717, 1.165) is 19.3 Å². The summed E-state index contributed by atoms with van der Waals surface area (Å²) in [6, 6.07) is -0.349. The van der Waals surface area contributed by atoms with Crippen LogP contribution in [-0.4, -0.2) is 41.9 Å². The van der Waals surface area contributed by atoms with E-state index in [1.807, 2.05) is 0 Å². The molecule has 1 aliphatic carbocycles. The number of rotatable bonds is 6. The third kappa shape index (κ3) is 3.83. The average Bonchev–Trinajstić information content (AvgIpc) is 2.83. The van der Waals surface area contributed by atoms with E-state index in [1.54, 1.807) is 21.0 Å². The van der Waals surface area contributed by atoms with Crippen molar-refractivity contribution in [3.05, 3.63) is 0 Å². The Morgan fingerprint density at radius 1 is 1.32 bits per heavy atom. The number of carbonyl (C=O) groups is 2. The van der Waals surface area contributed by atoms with E-state index in [4.69, 9.17) is 4.74 Å². The van der Waals surface area contributed by atoms with Crippen molar-refractivity contribution in [2.24, 2.45) is 0 Å². The Bertz CT molecular complexity index is 329. The summed E-state index contributed by atoms with van der Waals surface area (Å²) in [6.07, 6.45) is 3.47. The average molecular weight is 272 g/mol. The SMILES string of the molecule is CCC(CC)(NC(=O)NC1CCC(OC)C1)C(=O)O. The summed E-state index contributed by atoms with van der Waals surface area (Å²) in [7, 11) is 1.66. The molecule has 0 aromatic rings. The molecule has 6 heteroatoms. The Morgan fingerprint density at radius 2 is 1.95 bits per heavy atom. The fraction of sp³-hybridized carbons (Fsp3) is 0.846. The third-order valence-electron chi connectivity index (χ3n) is 4.02. The molecule has 3 N–H and O–H groups in total. The van der Waals surface area contributed by atoms with Crippen LogP contribution in [0.4, 0.5) is 4.79 Å². The van der Waals surface area contributed by atoms with Crippen LogP contribution in [0, 0.1) is 0 Å². The van der Waals surface area contributed by atoms with Crippen LogP contribution in [0.15, 0.2) is 0 Å². The molecule has 2 atom stereocenters. The molecule has 19 heavy (non-hydrogen) atoms. The van der Waals surface area contributed by atoms with Crippen molar-refractivity contribution in [2.75, 3.05) is 7.11 Å². The molecular weight excluding hydrogens is 248 g/mol. The molecule has 0 aliphatic heterocycles. The summed E-state index contributed by atoms with van der Waals surface area (Å²) in [5.41, 5.74) is -1.18. The number of carboxylic acids is 1. The van der Waals surface area contributed by atoms with E-state index in [9.17, 15) is 14.7 Å². The van der Waals surface area contributed by atoms with Gasteiger partial charge < -0.3 is 20.5 Å². The van der Waals surface area contributed by atoms with Crippen molar-refractivity contribution in [1.82, 2.24) is 10.6 Å². The number of hydrogen-bond acceptors (Lipinski definition) is 3. The van der Waals surface area contributed by atoms with Crippen LogP contribution in [0.1, 0.15) is 46.0 Å². The molecule has 1 rings (SSSR count). The van der Waals surface area contributed by atoms with E-state index < -0.39 is 17.5 Å². The first-order valence-corrected chi connectivity index (χ1v) is 6.82. The number of carboxylic acid groups (broad SMARTS) is 1. The van der Waals surface area contributed by atoms with Crippen LogP contribution in [0.3, 0.4) is 0 Å². The Labute approximate surface area is 113 Å². The first-order valence-electron chi connectivity index (χ1n) is 6.82. The van der Waals surface area contributed by atoms with E-state index in [1.165, 1.54) is 0 Å². The Hall–Kier alpha value is -1.30. The number of aliphatic carboxylic acids is 1. The van der Waals surface area contributed by atoms with Crippen molar-refractivity contribution in [3.8, 4) is 0 Å². The fourth-order valence-electron chi connectivity index (χ4n) is 2.51. The van der Waals surface area contributed by atoms with E-state index in [0.29, 0.717) is 12.8 Å². The summed E-state index contributed by atoms with van der Waals surface area (Å²) in [5, 5.41) is 14.7. The zero-order valence-electron chi connectivity index (χ0n) is 11.9. The maximum Gasteiger partial charge on any atom is 0.329 e. The maximum atomic E-state index is 11.9. The van der Waals surface area contributed by atoms with Crippen molar-refractivity contribution in [2.45, 2.75) is 63.6 Å². The molecule has 0 saturated heterocycles. The standard InChI is InChI=1S/C13H24N2O4/c1-4-13(5-2,11(16)17)15-12(18)14-9-6-7-10(8-9)19-3/h9-10H,4-8H2,1-3H3,(H,16,17)(H2,14,15,18). The number of urea groups is 1. The number of methoxy groups -OCH3 is 1. The predicted molar refractivity (Wildman–Crippen MR) is 71.1 cm³/mol. The lowest BCUT2D eigenvalue weighted by Gasteiger charge is -2.28. The Kier molecular flexibility index (Phi) is 5.60. The van der Waals surface area contributed by atoms with Gasteiger partial charge in [0.05, 0.1) is 6.10 Å². The lowest BCUT2D eigenvalue weighted by molar-refractivity contribution is -0.144. The molecule has 0 heterocycles. The van der Waals surface area contributed by atoms with E-state index in [2.05, 4.69) is 10.6 Å². The zero-order valence-corrected chi connectivity index (χ0v) is 11.9. The first-order chi connectivity index (χ1) is 8.97. The van der Waals surface area contributed by atoms with Gasteiger partial charge in [-0.2, -0.15) is 0 Å². The fourth-order valence-corrected chi connectivity index (χ4v) is 2.51. The van der Waals surface area contributed by atoms with Gasteiger partial charge in [-0.05, 0) is 32.1 Å². The Balaban J connectivity index is 2.52. The predicted octanol–water partition coefficient (Wildman–Crippen LogP) is 1.50. The lowest BCUT2D eigenvalue weighted by Crippen LogP contribution is -2.57. The maximum absolute atomic E-state index is 11.9. The summed E-state index contributed by atoms with van der Waals surface area (Å²) in [5.74, 6) is -0.992. The number of ether oxygens (including phenoxy) is 1. The van der Waals surface area contributed by atoms with Gasteiger partial charge in [0.2, 0.25) is 0 Å². The van der Waals surface area contributed by atoms with Gasteiger partial charge >= 0.3 is 12.0 Å². The smallest absolute Gasteiger partial charge is 0.329 e. The van der Waals surface area contributed by atoms with Crippen LogP contribution in [0.25, 0.3) is 0 Å². The molecule has 6 nitrogen and oxygen atoms in total. The van der Waals surface area contributed by atoms with Crippen molar-refractivity contribution in [1.29, 1.82) is 0 Å². The normalized spacial score (nSPS) is 23.1. The lowest BCUT2D eigenvalue weighted by atomic mass is 9.93. The van der Waals surface area contributed by atoms with Crippen LogP contribution < -0.4 is 10.6 Å². The molecule has 0 spiro atoms. The number of carbonyl (C=O) groups excluding carboxylic acids is 1. The minimum Gasteiger partial charge on any atom is -0.480 e. The molecule has 0 bridgehead atoms. The molecule has 1 aliphatic rings. The van der Waals surface area contributed by atoms with Gasteiger partial charge in [0.1, 0.15) is 5.54 Å². The minimum atomic E-state index is -1.18. The van der Waals surface area contributed by atoms with Gasteiger partial charge in [-0.15, -0.1) is 0 Å². The summed E-state index contributed by atoms with van der Waals surface area (Å²) in [4.78, 5) is 23.2. The number of amides is 2. The minimum absolute atomic E-state index is 0.0603. The highest BCUT2D eigenvalue weighted by molar-refractivity contribution is 5.86. The molecule has 1 saturated carbocycles. The zero-order chi connectivity index (χ0) is 14.5. The topological polar surface area (TPSA) is 87.7 Å².